The highest BCUT2D eigenvalue weighted by Crippen LogP contribution is 2.41. The molecule has 0 bridgehead atoms. The van der Waals surface area contributed by atoms with Crippen molar-refractivity contribution < 1.29 is 9.59 Å². The van der Waals surface area contributed by atoms with Gasteiger partial charge in [-0.2, -0.15) is 0 Å². The molecular weight excluding hydrogens is 358 g/mol. The monoisotopic (exact) mass is 383 g/mol. The molecule has 3 aromatic rings. The smallest absolute Gasteiger partial charge is 0.233 e. The maximum Gasteiger partial charge on any atom is 0.233 e. The Morgan fingerprint density at radius 3 is 1.83 bits per heavy atom. The number of Topliss-reactive ketones (excluding diaryl/α,β-unsaturated/α-hetero) is 1. The second-order valence-electron chi connectivity index (χ2n) is 7.76. The lowest BCUT2D eigenvalue weighted by Crippen LogP contribution is -2.30. The highest BCUT2D eigenvalue weighted by atomic mass is 16.2. The van der Waals surface area contributed by atoms with Gasteiger partial charge in [0.1, 0.15) is 11.7 Å². The minimum atomic E-state index is -0.607. The molecule has 1 fully saturated rings. The minimum absolute atomic E-state index is 0.00368. The largest absolute Gasteiger partial charge is 0.337 e. The number of nitrogens with zero attached hydrogens (tertiary/aromatic N) is 1. The minimum Gasteiger partial charge on any atom is -0.337 e. The Labute approximate surface area is 172 Å². The number of hydrogen-bond acceptors (Lipinski definition) is 2. The number of carbonyl (C=O) groups excluding carboxylic acids is 2. The van der Waals surface area contributed by atoms with Crippen LogP contribution in [0.15, 0.2) is 91.0 Å². The van der Waals surface area contributed by atoms with E-state index in [-0.39, 0.29) is 23.5 Å². The van der Waals surface area contributed by atoms with Gasteiger partial charge in [-0.3, -0.25) is 9.59 Å². The Morgan fingerprint density at radius 1 is 0.862 bits per heavy atom. The lowest BCUT2D eigenvalue weighted by Gasteiger charge is -2.27. The number of hydrogen-bond donors (Lipinski definition) is 0. The summed E-state index contributed by atoms with van der Waals surface area (Å²) in [5.74, 6) is -0.802. The summed E-state index contributed by atoms with van der Waals surface area (Å²) in [4.78, 5) is 27.7. The summed E-state index contributed by atoms with van der Waals surface area (Å²) in [6.45, 7) is 2.66. The number of benzene rings is 3. The third-order valence-electron chi connectivity index (χ3n) is 5.84. The summed E-state index contributed by atoms with van der Waals surface area (Å²) in [6, 6.07) is 30.4. The fourth-order valence-electron chi connectivity index (χ4n) is 4.56. The normalized spacial score (nSPS) is 19.0. The maximum absolute atomic E-state index is 13.2. The molecule has 3 nitrogen and oxygen atoms in total. The quantitative estimate of drug-likeness (QED) is 0.580. The molecule has 146 valence electrons. The van der Waals surface area contributed by atoms with Crippen LogP contribution < -0.4 is 0 Å². The van der Waals surface area contributed by atoms with E-state index in [1.54, 1.807) is 6.92 Å². The van der Waals surface area contributed by atoms with Crippen LogP contribution in [0.3, 0.4) is 0 Å². The predicted molar refractivity (Wildman–Crippen MR) is 114 cm³/mol. The van der Waals surface area contributed by atoms with E-state index in [1.165, 1.54) is 0 Å². The first-order valence-electron chi connectivity index (χ1n) is 10.1. The lowest BCUT2D eigenvalue weighted by atomic mass is 9.74. The van der Waals surface area contributed by atoms with Gasteiger partial charge in [-0.25, -0.2) is 0 Å². The van der Waals surface area contributed by atoms with Crippen LogP contribution >= 0.6 is 0 Å². The van der Waals surface area contributed by atoms with Crippen molar-refractivity contribution in [3.05, 3.63) is 108 Å². The summed E-state index contributed by atoms with van der Waals surface area (Å²) in [5.41, 5.74) is 3.37. The molecule has 0 N–H and O–H groups in total. The molecule has 1 aliphatic rings. The van der Waals surface area contributed by atoms with Crippen molar-refractivity contribution in [1.29, 1.82) is 0 Å². The van der Waals surface area contributed by atoms with E-state index in [9.17, 15) is 9.59 Å². The summed E-state index contributed by atoms with van der Waals surface area (Å²) in [7, 11) is 0. The van der Waals surface area contributed by atoms with E-state index in [0.29, 0.717) is 13.1 Å². The third-order valence-corrected chi connectivity index (χ3v) is 5.84. The molecule has 0 spiro atoms. The van der Waals surface area contributed by atoms with Crippen LogP contribution in [0.5, 0.6) is 0 Å². The van der Waals surface area contributed by atoms with E-state index < -0.39 is 5.92 Å². The number of rotatable bonds is 6. The fourth-order valence-corrected chi connectivity index (χ4v) is 4.56. The van der Waals surface area contributed by atoms with Crippen LogP contribution in [0.2, 0.25) is 0 Å². The molecule has 0 aromatic heterocycles. The Bertz CT molecular complexity index is 930. The van der Waals surface area contributed by atoms with Crippen molar-refractivity contribution in [3.63, 3.8) is 0 Å². The van der Waals surface area contributed by atoms with E-state index in [0.717, 1.165) is 16.7 Å². The molecule has 0 radical (unpaired) electrons. The molecule has 29 heavy (non-hydrogen) atoms. The lowest BCUT2D eigenvalue weighted by molar-refractivity contribution is -0.137. The first-order valence-corrected chi connectivity index (χ1v) is 10.1. The molecule has 1 heterocycles. The number of carbonyl (C=O) groups is 2. The van der Waals surface area contributed by atoms with Gasteiger partial charge in [0.15, 0.2) is 0 Å². The van der Waals surface area contributed by atoms with Gasteiger partial charge in [-0.15, -0.1) is 0 Å². The predicted octanol–water partition coefficient (Wildman–Crippen LogP) is 4.68. The highest BCUT2D eigenvalue weighted by Gasteiger charge is 2.47. The summed E-state index contributed by atoms with van der Waals surface area (Å²) in [6.07, 6.45) is 0. The van der Waals surface area contributed by atoms with Crippen LogP contribution in [-0.2, 0) is 16.1 Å². The maximum atomic E-state index is 13.2. The van der Waals surface area contributed by atoms with Gasteiger partial charge in [0.25, 0.3) is 0 Å². The van der Waals surface area contributed by atoms with Crippen molar-refractivity contribution in [2.24, 2.45) is 11.8 Å². The van der Waals surface area contributed by atoms with Crippen LogP contribution in [0.4, 0.5) is 0 Å². The standard InChI is InChI=1S/C26H25NO2/c1-19(28)24-23(18-27(26(24)29)17-20-11-5-2-6-12-20)25(21-13-7-3-8-14-21)22-15-9-4-10-16-22/h2-16,23-25H,17-18H2,1H3/t23-,24+/m1/s1. The van der Waals surface area contributed by atoms with Crippen molar-refractivity contribution in [1.82, 2.24) is 4.90 Å². The number of likely N-dealkylation sites (tertiary alicyclic amines) is 1. The van der Waals surface area contributed by atoms with E-state index in [1.807, 2.05) is 71.6 Å². The molecule has 0 unspecified atom stereocenters. The van der Waals surface area contributed by atoms with E-state index in [4.69, 9.17) is 0 Å². The summed E-state index contributed by atoms with van der Waals surface area (Å²) in [5, 5.41) is 0. The second kappa shape index (κ2) is 8.44. The molecule has 3 heteroatoms. The Balaban J connectivity index is 1.72. The topological polar surface area (TPSA) is 37.4 Å². The van der Waals surface area contributed by atoms with Crippen LogP contribution in [0.25, 0.3) is 0 Å². The average Bonchev–Trinajstić information content (AvgIpc) is 3.06. The number of amides is 1. The first-order chi connectivity index (χ1) is 14.1. The van der Waals surface area contributed by atoms with Gasteiger partial charge in [0.05, 0.1) is 0 Å². The highest BCUT2D eigenvalue weighted by molar-refractivity contribution is 6.02. The molecule has 2 atom stereocenters. The zero-order chi connectivity index (χ0) is 20.2. The Kier molecular flexibility index (Phi) is 5.57. The van der Waals surface area contributed by atoms with Crippen molar-refractivity contribution in [2.45, 2.75) is 19.4 Å². The van der Waals surface area contributed by atoms with Crippen molar-refractivity contribution >= 4 is 11.7 Å². The molecular formula is C26H25NO2. The van der Waals surface area contributed by atoms with Crippen LogP contribution in [-0.4, -0.2) is 23.1 Å². The van der Waals surface area contributed by atoms with Gasteiger partial charge < -0.3 is 4.90 Å². The third kappa shape index (κ3) is 4.00. The van der Waals surface area contributed by atoms with Crippen molar-refractivity contribution in [3.8, 4) is 0 Å². The molecule has 3 aromatic carbocycles. The molecule has 1 aliphatic heterocycles. The van der Waals surface area contributed by atoms with Gasteiger partial charge in [0, 0.05) is 24.9 Å². The SMILES string of the molecule is CC(=O)[C@@H]1C(=O)N(Cc2ccccc2)C[C@H]1C(c1ccccc1)c1ccccc1. The van der Waals surface area contributed by atoms with Gasteiger partial charge >= 0.3 is 0 Å². The fraction of sp³-hybridized carbons (Fsp3) is 0.231. The second-order valence-corrected chi connectivity index (χ2v) is 7.76. The van der Waals surface area contributed by atoms with Gasteiger partial charge in [-0.05, 0) is 23.6 Å². The molecule has 0 aliphatic carbocycles. The molecule has 1 amide bonds. The summed E-state index contributed by atoms with van der Waals surface area (Å²) >= 11 is 0. The van der Waals surface area contributed by atoms with E-state index in [2.05, 4.69) is 24.3 Å². The zero-order valence-electron chi connectivity index (χ0n) is 16.6. The number of ketones is 1. The summed E-state index contributed by atoms with van der Waals surface area (Å²) < 4.78 is 0. The Hall–Kier alpha value is -3.20. The van der Waals surface area contributed by atoms with Crippen LogP contribution in [0, 0.1) is 11.8 Å². The molecule has 4 rings (SSSR count). The van der Waals surface area contributed by atoms with Gasteiger partial charge in [0.2, 0.25) is 5.91 Å². The van der Waals surface area contributed by atoms with Crippen LogP contribution in [0.1, 0.15) is 29.5 Å². The Morgan fingerprint density at radius 2 is 1.34 bits per heavy atom. The van der Waals surface area contributed by atoms with Crippen molar-refractivity contribution in [2.75, 3.05) is 6.54 Å². The first kappa shape index (κ1) is 19.1. The molecule has 0 saturated carbocycles. The van der Waals surface area contributed by atoms with E-state index >= 15 is 0 Å². The average molecular weight is 383 g/mol. The van der Waals surface area contributed by atoms with Gasteiger partial charge in [-0.1, -0.05) is 91.0 Å². The zero-order valence-corrected chi connectivity index (χ0v) is 16.6. The molecule has 1 saturated heterocycles.